The molecule has 0 fully saturated rings. The number of nitrogens with zero attached hydrogens (tertiary/aromatic N) is 3. The van der Waals surface area contributed by atoms with E-state index in [-0.39, 0.29) is 12.3 Å². The smallest absolute Gasteiger partial charge is 0.283 e. The van der Waals surface area contributed by atoms with Gasteiger partial charge in [0.15, 0.2) is 5.75 Å². The van der Waals surface area contributed by atoms with Crippen molar-refractivity contribution in [1.82, 2.24) is 9.78 Å². The van der Waals surface area contributed by atoms with Crippen molar-refractivity contribution < 1.29 is 9.66 Å². The van der Waals surface area contributed by atoms with Gasteiger partial charge in [-0.1, -0.05) is 12.1 Å². The third-order valence-corrected chi connectivity index (χ3v) is 3.25. The molecule has 0 aliphatic carbocycles. The van der Waals surface area contributed by atoms with E-state index in [2.05, 4.69) is 21.0 Å². The van der Waals surface area contributed by atoms with Crippen LogP contribution in [0.25, 0.3) is 0 Å². The normalized spacial score (nSPS) is 10.3. The van der Waals surface area contributed by atoms with Crippen LogP contribution in [0.4, 0.5) is 5.69 Å². The summed E-state index contributed by atoms with van der Waals surface area (Å²) in [5, 5.41) is 14.7. The zero-order valence-electron chi connectivity index (χ0n) is 9.54. The average Bonchev–Trinajstić information content (AvgIpc) is 2.73. The summed E-state index contributed by atoms with van der Waals surface area (Å²) in [6.45, 7) is 0.244. The maximum absolute atomic E-state index is 10.8. The maximum atomic E-state index is 10.8. The summed E-state index contributed by atoms with van der Waals surface area (Å²) in [4.78, 5) is 10.3. The summed E-state index contributed by atoms with van der Waals surface area (Å²) in [7, 11) is 1.79. The van der Waals surface area contributed by atoms with Crippen LogP contribution in [0.2, 0.25) is 0 Å². The second-order valence-electron chi connectivity index (χ2n) is 3.65. The molecular weight excluding hydrogens is 302 g/mol. The monoisotopic (exact) mass is 311 g/mol. The zero-order chi connectivity index (χ0) is 13.1. The number of aryl methyl sites for hydroxylation is 1. The van der Waals surface area contributed by atoms with Crippen LogP contribution in [-0.2, 0) is 13.7 Å². The van der Waals surface area contributed by atoms with Crippen molar-refractivity contribution in [3.8, 4) is 5.75 Å². The molecule has 0 aliphatic rings. The number of halogens is 1. The van der Waals surface area contributed by atoms with Crippen LogP contribution in [0.5, 0.6) is 5.75 Å². The molecule has 2 aromatic rings. The van der Waals surface area contributed by atoms with Gasteiger partial charge in [-0.2, -0.15) is 5.10 Å². The van der Waals surface area contributed by atoms with Crippen LogP contribution < -0.4 is 4.74 Å². The van der Waals surface area contributed by atoms with Crippen LogP contribution in [0.1, 0.15) is 5.56 Å². The molecule has 18 heavy (non-hydrogen) atoms. The first-order valence-corrected chi connectivity index (χ1v) is 5.90. The van der Waals surface area contributed by atoms with E-state index in [4.69, 9.17) is 4.74 Å². The second kappa shape index (κ2) is 5.18. The van der Waals surface area contributed by atoms with Gasteiger partial charge in [-0.25, -0.2) is 0 Å². The summed E-state index contributed by atoms with van der Waals surface area (Å²) in [6, 6.07) is 4.84. The minimum atomic E-state index is -0.433. The molecule has 0 amide bonds. The third-order valence-electron chi connectivity index (χ3n) is 2.33. The quantitative estimate of drug-likeness (QED) is 0.643. The van der Waals surface area contributed by atoms with Crippen LogP contribution in [-0.4, -0.2) is 14.7 Å². The van der Waals surface area contributed by atoms with Crippen LogP contribution in [0, 0.1) is 10.1 Å². The number of nitro benzene ring substituents is 1. The van der Waals surface area contributed by atoms with Crippen molar-refractivity contribution in [1.29, 1.82) is 0 Å². The Bertz CT molecular complexity index is 583. The summed E-state index contributed by atoms with van der Waals surface area (Å²) in [6.07, 6.45) is 3.32. The van der Waals surface area contributed by atoms with Gasteiger partial charge in [-0.15, -0.1) is 0 Å². The molecule has 0 aliphatic heterocycles. The summed E-state index contributed by atoms with van der Waals surface area (Å²) >= 11 is 3.22. The van der Waals surface area contributed by atoms with E-state index in [1.54, 1.807) is 36.3 Å². The lowest BCUT2D eigenvalue weighted by Crippen LogP contribution is -1.98. The topological polar surface area (TPSA) is 70.2 Å². The molecule has 1 aromatic heterocycles. The molecule has 0 spiro atoms. The lowest BCUT2D eigenvalue weighted by Gasteiger charge is -2.05. The average molecular weight is 312 g/mol. The molecule has 1 aromatic carbocycles. The first kappa shape index (κ1) is 12.6. The first-order chi connectivity index (χ1) is 8.58. The van der Waals surface area contributed by atoms with E-state index in [0.29, 0.717) is 15.8 Å². The molecule has 0 radical (unpaired) electrons. The van der Waals surface area contributed by atoms with Gasteiger partial charge in [0.25, 0.3) is 5.69 Å². The Labute approximate surface area is 111 Å². The van der Waals surface area contributed by atoms with E-state index in [1.165, 1.54) is 6.07 Å². The molecule has 0 saturated carbocycles. The molecule has 94 valence electrons. The van der Waals surface area contributed by atoms with Gasteiger partial charge in [0.05, 0.1) is 17.3 Å². The lowest BCUT2D eigenvalue weighted by molar-refractivity contribution is -0.385. The molecular formula is C11H10BrN3O3. The largest absolute Gasteiger partial charge is 0.486 e. The van der Waals surface area contributed by atoms with Gasteiger partial charge in [0, 0.05) is 18.7 Å². The van der Waals surface area contributed by atoms with Gasteiger partial charge >= 0.3 is 0 Å². The van der Waals surface area contributed by atoms with Gasteiger partial charge in [-0.05, 0) is 15.9 Å². The van der Waals surface area contributed by atoms with Gasteiger partial charge in [0.1, 0.15) is 11.1 Å². The zero-order valence-corrected chi connectivity index (χ0v) is 11.1. The minimum absolute atomic E-state index is 0.0299. The fourth-order valence-electron chi connectivity index (χ4n) is 1.45. The SMILES string of the molecule is Cn1cc(OCc2cccc([N+](=O)[O-])c2Br)cn1. The van der Waals surface area contributed by atoms with Crippen molar-refractivity contribution in [2.45, 2.75) is 6.61 Å². The molecule has 0 N–H and O–H groups in total. The standard InChI is InChI=1S/C11H10BrN3O3/c1-14-6-9(5-13-14)18-7-8-3-2-4-10(11(8)12)15(16)17/h2-6H,7H2,1H3. The fraction of sp³-hybridized carbons (Fsp3) is 0.182. The first-order valence-electron chi connectivity index (χ1n) is 5.11. The number of benzene rings is 1. The minimum Gasteiger partial charge on any atom is -0.486 e. The molecule has 0 atom stereocenters. The highest BCUT2D eigenvalue weighted by atomic mass is 79.9. The van der Waals surface area contributed by atoms with Crippen molar-refractivity contribution >= 4 is 21.6 Å². The van der Waals surface area contributed by atoms with Crippen molar-refractivity contribution in [3.05, 3.63) is 50.7 Å². The summed E-state index contributed by atoms with van der Waals surface area (Å²) in [5.41, 5.74) is 0.746. The number of rotatable bonds is 4. The van der Waals surface area contributed by atoms with E-state index in [1.807, 2.05) is 0 Å². The Balaban J connectivity index is 2.14. The van der Waals surface area contributed by atoms with Gasteiger partial charge < -0.3 is 4.74 Å². The predicted octanol–water partition coefficient (Wildman–Crippen LogP) is 2.67. The number of nitro groups is 1. The van der Waals surface area contributed by atoms with Crippen molar-refractivity contribution in [2.75, 3.05) is 0 Å². The Morgan fingerprint density at radius 2 is 2.33 bits per heavy atom. The van der Waals surface area contributed by atoms with Crippen LogP contribution >= 0.6 is 15.9 Å². The van der Waals surface area contributed by atoms with E-state index < -0.39 is 4.92 Å². The van der Waals surface area contributed by atoms with Gasteiger partial charge in [-0.3, -0.25) is 14.8 Å². The highest BCUT2D eigenvalue weighted by Gasteiger charge is 2.15. The van der Waals surface area contributed by atoms with E-state index in [0.717, 1.165) is 0 Å². The van der Waals surface area contributed by atoms with Crippen molar-refractivity contribution in [2.24, 2.45) is 7.05 Å². The van der Waals surface area contributed by atoms with Crippen molar-refractivity contribution in [3.63, 3.8) is 0 Å². The van der Waals surface area contributed by atoms with E-state index >= 15 is 0 Å². The second-order valence-corrected chi connectivity index (χ2v) is 4.44. The predicted molar refractivity (Wildman–Crippen MR) is 68.3 cm³/mol. The number of ether oxygens (including phenoxy) is 1. The van der Waals surface area contributed by atoms with Crippen LogP contribution in [0.15, 0.2) is 35.1 Å². The molecule has 1 heterocycles. The van der Waals surface area contributed by atoms with E-state index in [9.17, 15) is 10.1 Å². The molecule has 6 nitrogen and oxygen atoms in total. The number of aromatic nitrogens is 2. The highest BCUT2D eigenvalue weighted by molar-refractivity contribution is 9.10. The lowest BCUT2D eigenvalue weighted by atomic mass is 10.2. The number of hydrogen-bond donors (Lipinski definition) is 0. The maximum Gasteiger partial charge on any atom is 0.283 e. The molecule has 0 bridgehead atoms. The highest BCUT2D eigenvalue weighted by Crippen LogP contribution is 2.28. The van der Waals surface area contributed by atoms with Crippen LogP contribution in [0.3, 0.4) is 0 Å². The Morgan fingerprint density at radius 1 is 1.56 bits per heavy atom. The van der Waals surface area contributed by atoms with Gasteiger partial charge in [0.2, 0.25) is 0 Å². The Morgan fingerprint density at radius 3 is 2.94 bits per heavy atom. The fourth-order valence-corrected chi connectivity index (χ4v) is 1.98. The summed E-state index contributed by atoms with van der Waals surface area (Å²) in [5.74, 6) is 0.621. The third kappa shape index (κ3) is 2.67. The molecule has 0 unspecified atom stereocenters. The Kier molecular flexibility index (Phi) is 3.61. The summed E-state index contributed by atoms with van der Waals surface area (Å²) < 4.78 is 7.56. The number of hydrogen-bond acceptors (Lipinski definition) is 4. The molecule has 2 rings (SSSR count). The molecule has 7 heteroatoms. The molecule has 0 saturated heterocycles. The Hall–Kier alpha value is -1.89.